The van der Waals surface area contributed by atoms with Crippen LogP contribution >= 0.6 is 23.2 Å². The van der Waals surface area contributed by atoms with Crippen molar-refractivity contribution >= 4 is 46.3 Å². The molecule has 0 bridgehead atoms. The van der Waals surface area contributed by atoms with Gasteiger partial charge in [-0.2, -0.15) is 0 Å². The Bertz CT molecular complexity index is 1170. The average Bonchev–Trinajstić information content (AvgIpc) is 3.01. The van der Waals surface area contributed by atoms with Crippen LogP contribution in [0.2, 0.25) is 10.0 Å². The number of nitrogens with zero attached hydrogens (tertiary/aromatic N) is 1. The summed E-state index contributed by atoms with van der Waals surface area (Å²) in [6, 6.07) is 19.9. The molecule has 0 radical (unpaired) electrons. The zero-order valence-electron chi connectivity index (χ0n) is 16.0. The molecule has 6 heteroatoms. The lowest BCUT2D eigenvalue weighted by atomic mass is 9.94. The molecule has 1 amide bonds. The zero-order chi connectivity index (χ0) is 21.4. The maximum Gasteiger partial charge on any atom is 0.300 e. The van der Waals surface area contributed by atoms with E-state index in [9.17, 15) is 14.7 Å². The van der Waals surface area contributed by atoms with E-state index >= 15 is 0 Å². The van der Waals surface area contributed by atoms with Crippen molar-refractivity contribution in [2.75, 3.05) is 4.90 Å². The van der Waals surface area contributed by atoms with Crippen molar-refractivity contribution in [3.05, 3.63) is 105 Å². The third-order valence-electron chi connectivity index (χ3n) is 5.10. The smallest absolute Gasteiger partial charge is 0.300 e. The molecule has 1 saturated heterocycles. The quantitative estimate of drug-likeness (QED) is 0.313. The lowest BCUT2D eigenvalue weighted by Gasteiger charge is -2.25. The van der Waals surface area contributed by atoms with Crippen LogP contribution in [0.3, 0.4) is 0 Å². The molecule has 0 aliphatic carbocycles. The Balaban J connectivity index is 1.95. The van der Waals surface area contributed by atoms with Crippen molar-refractivity contribution in [3.8, 4) is 0 Å². The molecule has 150 valence electrons. The van der Waals surface area contributed by atoms with E-state index in [2.05, 4.69) is 0 Å². The fourth-order valence-electron chi connectivity index (χ4n) is 3.60. The van der Waals surface area contributed by atoms with Crippen molar-refractivity contribution < 1.29 is 14.7 Å². The van der Waals surface area contributed by atoms with E-state index in [0.29, 0.717) is 26.9 Å². The normalized spacial score (nSPS) is 18.1. The largest absolute Gasteiger partial charge is 0.507 e. The molecule has 1 aliphatic rings. The number of benzene rings is 3. The summed E-state index contributed by atoms with van der Waals surface area (Å²) in [5.74, 6) is -1.69. The first kappa shape index (κ1) is 20.2. The molecule has 4 rings (SSSR count). The van der Waals surface area contributed by atoms with E-state index in [1.807, 2.05) is 6.07 Å². The number of Topliss-reactive ketones (excluding diaryl/α,β-unsaturated/α-hetero) is 1. The molecular formula is C24H17Cl2NO3. The van der Waals surface area contributed by atoms with Crippen LogP contribution in [0.25, 0.3) is 5.76 Å². The van der Waals surface area contributed by atoms with Crippen molar-refractivity contribution in [1.29, 1.82) is 0 Å². The molecule has 1 aliphatic heterocycles. The molecule has 1 atom stereocenters. The Morgan fingerprint density at radius 3 is 2.23 bits per heavy atom. The van der Waals surface area contributed by atoms with Gasteiger partial charge in [0.25, 0.3) is 11.7 Å². The summed E-state index contributed by atoms with van der Waals surface area (Å²) in [6.07, 6.45) is 0. The van der Waals surface area contributed by atoms with Crippen molar-refractivity contribution in [1.82, 2.24) is 0 Å². The highest BCUT2D eigenvalue weighted by atomic mass is 35.5. The lowest BCUT2D eigenvalue weighted by Crippen LogP contribution is -2.29. The number of rotatable bonds is 3. The van der Waals surface area contributed by atoms with E-state index in [4.69, 9.17) is 23.2 Å². The Labute approximate surface area is 184 Å². The van der Waals surface area contributed by atoms with Crippen LogP contribution in [0.5, 0.6) is 0 Å². The van der Waals surface area contributed by atoms with E-state index in [0.717, 1.165) is 5.56 Å². The molecule has 0 saturated carbocycles. The maximum absolute atomic E-state index is 13.0. The molecule has 0 spiro atoms. The molecule has 3 aromatic rings. The highest BCUT2D eigenvalue weighted by Gasteiger charge is 2.46. The molecule has 30 heavy (non-hydrogen) atoms. The van der Waals surface area contributed by atoms with Gasteiger partial charge in [-0.3, -0.25) is 14.5 Å². The zero-order valence-corrected chi connectivity index (χ0v) is 17.5. The average molecular weight is 438 g/mol. The SMILES string of the molecule is Cc1cc(C(O)=C2C(=O)C(=O)N(c3ccccc3)C2c2ccc(Cl)cc2)ccc1Cl. The number of carbonyl (C=O) groups is 2. The van der Waals surface area contributed by atoms with Gasteiger partial charge in [0.2, 0.25) is 0 Å². The number of ketones is 1. The van der Waals surface area contributed by atoms with E-state index in [1.165, 1.54) is 4.90 Å². The summed E-state index contributed by atoms with van der Waals surface area (Å²) in [4.78, 5) is 27.5. The predicted molar refractivity (Wildman–Crippen MR) is 119 cm³/mol. The highest BCUT2D eigenvalue weighted by molar-refractivity contribution is 6.51. The Morgan fingerprint density at radius 2 is 1.60 bits per heavy atom. The van der Waals surface area contributed by atoms with Crippen LogP contribution in [-0.2, 0) is 9.59 Å². The van der Waals surface area contributed by atoms with Gasteiger partial charge in [0.05, 0.1) is 11.6 Å². The van der Waals surface area contributed by atoms with Crippen LogP contribution in [-0.4, -0.2) is 16.8 Å². The van der Waals surface area contributed by atoms with Gasteiger partial charge in [-0.1, -0.05) is 53.5 Å². The van der Waals surface area contributed by atoms with Gasteiger partial charge < -0.3 is 5.11 Å². The van der Waals surface area contributed by atoms with Gasteiger partial charge >= 0.3 is 0 Å². The monoisotopic (exact) mass is 437 g/mol. The minimum atomic E-state index is -0.791. The van der Waals surface area contributed by atoms with Gasteiger partial charge in [0.1, 0.15) is 5.76 Å². The van der Waals surface area contributed by atoms with E-state index < -0.39 is 17.7 Å². The number of aliphatic hydroxyl groups is 1. The number of hydrogen-bond donors (Lipinski definition) is 1. The minimum absolute atomic E-state index is 0.0212. The number of para-hydroxylation sites is 1. The second-order valence-electron chi connectivity index (χ2n) is 7.02. The van der Waals surface area contributed by atoms with Crippen LogP contribution in [0.15, 0.2) is 78.4 Å². The summed E-state index contributed by atoms with van der Waals surface area (Å²) in [7, 11) is 0. The Kier molecular flexibility index (Phi) is 5.37. The van der Waals surface area contributed by atoms with Crippen molar-refractivity contribution in [3.63, 3.8) is 0 Å². The molecule has 0 aromatic heterocycles. The van der Waals surface area contributed by atoms with Crippen LogP contribution in [0, 0.1) is 6.92 Å². The van der Waals surface area contributed by atoms with Crippen LogP contribution in [0.1, 0.15) is 22.7 Å². The number of aliphatic hydroxyl groups excluding tert-OH is 1. The summed E-state index contributed by atoms with van der Waals surface area (Å²) in [6.45, 7) is 1.80. The third kappa shape index (κ3) is 3.49. The first-order valence-corrected chi connectivity index (χ1v) is 10.0. The van der Waals surface area contributed by atoms with Gasteiger partial charge in [0.15, 0.2) is 0 Å². The first-order valence-electron chi connectivity index (χ1n) is 9.26. The minimum Gasteiger partial charge on any atom is -0.507 e. The summed E-state index contributed by atoms with van der Waals surface area (Å²) >= 11 is 12.1. The topological polar surface area (TPSA) is 57.6 Å². The Morgan fingerprint density at radius 1 is 0.933 bits per heavy atom. The predicted octanol–water partition coefficient (Wildman–Crippen LogP) is 5.93. The lowest BCUT2D eigenvalue weighted by molar-refractivity contribution is -0.132. The molecule has 1 heterocycles. The number of hydrogen-bond acceptors (Lipinski definition) is 3. The second-order valence-corrected chi connectivity index (χ2v) is 7.86. The molecule has 3 aromatic carbocycles. The molecule has 1 unspecified atom stereocenters. The fraction of sp³-hybridized carbons (Fsp3) is 0.0833. The molecular weight excluding hydrogens is 421 g/mol. The van der Waals surface area contributed by atoms with Gasteiger partial charge in [0, 0.05) is 21.3 Å². The van der Waals surface area contributed by atoms with Gasteiger partial charge in [-0.15, -0.1) is 0 Å². The number of aryl methyl sites for hydroxylation is 1. The third-order valence-corrected chi connectivity index (χ3v) is 5.77. The van der Waals surface area contributed by atoms with Crippen molar-refractivity contribution in [2.24, 2.45) is 0 Å². The molecule has 4 nitrogen and oxygen atoms in total. The number of anilines is 1. The van der Waals surface area contributed by atoms with E-state index in [1.54, 1.807) is 73.7 Å². The first-order chi connectivity index (χ1) is 14.4. The number of halogens is 2. The number of carbonyl (C=O) groups excluding carboxylic acids is 2. The highest BCUT2D eigenvalue weighted by Crippen LogP contribution is 2.42. The van der Waals surface area contributed by atoms with Gasteiger partial charge in [-0.25, -0.2) is 0 Å². The second kappa shape index (κ2) is 7.98. The van der Waals surface area contributed by atoms with E-state index in [-0.39, 0.29) is 11.3 Å². The molecule has 1 fully saturated rings. The van der Waals surface area contributed by atoms with Crippen molar-refractivity contribution in [2.45, 2.75) is 13.0 Å². The standard InChI is InChI=1S/C24H17Cl2NO3/c1-14-13-16(9-12-19(14)26)22(28)20-21(15-7-10-17(25)11-8-15)27(24(30)23(20)29)18-5-3-2-4-6-18/h2-13,21,28H,1H3. The summed E-state index contributed by atoms with van der Waals surface area (Å²) < 4.78 is 0. The number of amides is 1. The van der Waals surface area contributed by atoms with Gasteiger partial charge in [-0.05, 0) is 60.5 Å². The maximum atomic E-state index is 13.0. The van der Waals surface area contributed by atoms with Crippen LogP contribution < -0.4 is 4.90 Å². The summed E-state index contributed by atoms with van der Waals surface area (Å²) in [5.41, 5.74) is 2.41. The Hall–Kier alpha value is -3.08. The molecule has 1 N–H and O–H groups in total. The fourth-order valence-corrected chi connectivity index (χ4v) is 3.84. The van der Waals surface area contributed by atoms with Crippen LogP contribution in [0.4, 0.5) is 5.69 Å². The summed E-state index contributed by atoms with van der Waals surface area (Å²) in [5, 5.41) is 12.2.